The van der Waals surface area contributed by atoms with E-state index >= 15 is 0 Å². The normalized spacial score (nSPS) is 22.3. The molecule has 1 unspecified atom stereocenters. The van der Waals surface area contributed by atoms with Crippen LogP contribution >= 0.6 is 11.6 Å². The molecule has 1 aliphatic carbocycles. The molecule has 0 saturated heterocycles. The number of halogens is 1. The first-order chi connectivity index (χ1) is 22.1. The second kappa shape index (κ2) is 13.8. The molecular weight excluding hydrogens is 638 g/mol. The second-order valence-corrected chi connectivity index (χ2v) is 15.7. The fourth-order valence-electron chi connectivity index (χ4n) is 6.70. The van der Waals surface area contributed by atoms with Crippen molar-refractivity contribution in [3.8, 4) is 0 Å². The summed E-state index contributed by atoms with van der Waals surface area (Å²) in [7, 11) is -3.57. The molecule has 1 heterocycles. The maximum atomic E-state index is 14.5. The van der Waals surface area contributed by atoms with E-state index in [-0.39, 0.29) is 11.8 Å². The van der Waals surface area contributed by atoms with Gasteiger partial charge in [-0.2, -0.15) is 0 Å². The Kier molecular flexibility index (Phi) is 10.1. The van der Waals surface area contributed by atoms with E-state index in [2.05, 4.69) is 10.0 Å². The summed E-state index contributed by atoms with van der Waals surface area (Å²) in [5.41, 5.74) is 2.30. The molecule has 5 rings (SSSR count). The highest BCUT2D eigenvalue weighted by Crippen LogP contribution is 2.46. The highest BCUT2D eigenvalue weighted by molar-refractivity contribution is 7.88. The predicted molar refractivity (Wildman–Crippen MR) is 182 cm³/mol. The molecule has 9 nitrogen and oxygen atoms in total. The largest absolute Gasteiger partial charge is 0.456 e. The van der Waals surface area contributed by atoms with Gasteiger partial charge in [0.15, 0.2) is 0 Å². The van der Waals surface area contributed by atoms with Gasteiger partial charge in [-0.05, 0) is 87.6 Å². The summed E-state index contributed by atoms with van der Waals surface area (Å²) < 4.78 is 33.1. The fourth-order valence-corrected chi connectivity index (χ4v) is 7.65. The van der Waals surface area contributed by atoms with Crippen LogP contribution in [0.4, 0.5) is 0 Å². The van der Waals surface area contributed by atoms with Crippen molar-refractivity contribution in [1.29, 1.82) is 0 Å². The molecule has 2 aliphatic rings. The van der Waals surface area contributed by atoms with Gasteiger partial charge >= 0.3 is 5.97 Å². The highest BCUT2D eigenvalue weighted by Gasteiger charge is 2.49. The number of carbonyl (C=O) groups is 3. The van der Waals surface area contributed by atoms with Gasteiger partial charge in [0.05, 0.1) is 29.8 Å². The average Bonchev–Trinajstić information content (AvgIpc) is 3.00. The summed E-state index contributed by atoms with van der Waals surface area (Å²) in [5, 5.41) is 3.68. The molecule has 0 radical (unpaired) electrons. The number of rotatable bonds is 8. The van der Waals surface area contributed by atoms with Crippen LogP contribution in [0, 0.1) is 0 Å². The van der Waals surface area contributed by atoms with Gasteiger partial charge in [-0.1, -0.05) is 66.9 Å². The van der Waals surface area contributed by atoms with Crippen LogP contribution in [0.1, 0.15) is 109 Å². The summed E-state index contributed by atoms with van der Waals surface area (Å²) in [5.74, 6) is -1.78. The Morgan fingerprint density at radius 3 is 2.23 bits per heavy atom. The molecule has 0 spiro atoms. The minimum atomic E-state index is -3.57. The number of sulfonamides is 1. The number of amides is 2. The number of hydrogen-bond acceptors (Lipinski definition) is 6. The van der Waals surface area contributed by atoms with Gasteiger partial charge < -0.3 is 15.0 Å². The van der Waals surface area contributed by atoms with E-state index < -0.39 is 51.7 Å². The third kappa shape index (κ3) is 8.05. The van der Waals surface area contributed by atoms with Crippen LogP contribution in [-0.2, 0) is 19.6 Å². The van der Waals surface area contributed by atoms with Crippen molar-refractivity contribution in [3.05, 3.63) is 106 Å². The van der Waals surface area contributed by atoms with Crippen molar-refractivity contribution in [3.63, 3.8) is 0 Å². The first-order valence-electron chi connectivity index (χ1n) is 15.9. The van der Waals surface area contributed by atoms with Crippen molar-refractivity contribution < 1.29 is 27.5 Å². The second-order valence-electron chi connectivity index (χ2n) is 13.5. The lowest BCUT2D eigenvalue weighted by molar-refractivity contribution is -0.125. The molecule has 5 atom stereocenters. The third-order valence-corrected chi connectivity index (χ3v) is 9.71. The molecule has 3 aromatic carbocycles. The summed E-state index contributed by atoms with van der Waals surface area (Å²) >= 11 is 6.27. The summed E-state index contributed by atoms with van der Waals surface area (Å²) in [6.45, 7) is 7.29. The zero-order valence-corrected chi connectivity index (χ0v) is 28.9. The highest BCUT2D eigenvalue weighted by atomic mass is 35.5. The number of hydrogen-bond donors (Lipinski definition) is 2. The first-order valence-corrected chi connectivity index (χ1v) is 18.2. The van der Waals surface area contributed by atoms with E-state index in [0.29, 0.717) is 34.6 Å². The van der Waals surface area contributed by atoms with Crippen molar-refractivity contribution in [1.82, 2.24) is 14.9 Å². The van der Waals surface area contributed by atoms with E-state index in [1.807, 2.05) is 52.0 Å². The average molecular weight is 680 g/mol. The smallest absolute Gasteiger partial charge is 0.338 e. The van der Waals surface area contributed by atoms with Crippen LogP contribution in [0.15, 0.2) is 72.8 Å². The van der Waals surface area contributed by atoms with Gasteiger partial charge in [0.25, 0.3) is 5.91 Å². The number of esters is 1. The van der Waals surface area contributed by atoms with Crippen LogP contribution < -0.4 is 10.0 Å². The third-order valence-electron chi connectivity index (χ3n) is 8.73. The van der Waals surface area contributed by atoms with Gasteiger partial charge in [-0.15, -0.1) is 0 Å². The van der Waals surface area contributed by atoms with Crippen molar-refractivity contribution in [2.24, 2.45) is 0 Å². The number of carbonyl (C=O) groups excluding carboxylic acids is 3. The molecular formula is C36H42ClN3O6S. The quantitative estimate of drug-likeness (QED) is 0.269. The number of ether oxygens (including phenoxy) is 1. The fraction of sp³-hybridized carbons (Fsp3) is 0.417. The Balaban J connectivity index is 1.53. The Morgan fingerprint density at radius 2 is 1.60 bits per heavy atom. The van der Waals surface area contributed by atoms with Crippen LogP contribution in [0.5, 0.6) is 0 Å². The Bertz CT molecular complexity index is 1740. The van der Waals surface area contributed by atoms with E-state index in [1.54, 1.807) is 53.4 Å². The van der Waals surface area contributed by atoms with Crippen molar-refractivity contribution in [2.75, 3.05) is 6.26 Å². The Morgan fingerprint density at radius 1 is 0.957 bits per heavy atom. The van der Waals surface area contributed by atoms with Gasteiger partial charge in [0.2, 0.25) is 15.9 Å². The van der Waals surface area contributed by atoms with E-state index in [0.717, 1.165) is 30.2 Å². The summed E-state index contributed by atoms with van der Waals surface area (Å²) in [6, 6.07) is 19.0. The van der Waals surface area contributed by atoms with Crippen molar-refractivity contribution >= 4 is 39.4 Å². The van der Waals surface area contributed by atoms with E-state index in [9.17, 15) is 22.8 Å². The van der Waals surface area contributed by atoms with Crippen molar-refractivity contribution in [2.45, 2.75) is 89.1 Å². The number of benzene rings is 3. The summed E-state index contributed by atoms with van der Waals surface area (Å²) in [4.78, 5) is 43.2. The molecule has 1 aliphatic heterocycles. The monoisotopic (exact) mass is 679 g/mol. The zero-order valence-electron chi connectivity index (χ0n) is 27.3. The Hall–Kier alpha value is -3.73. The molecule has 0 aromatic heterocycles. The first kappa shape index (κ1) is 34.6. The molecule has 0 bridgehead atoms. The molecule has 2 amide bonds. The van der Waals surface area contributed by atoms with Gasteiger partial charge in [-0.25, -0.2) is 17.9 Å². The molecule has 1 fully saturated rings. The SMILES string of the molecule is CC(NC(=O)[C@@H]1c2ccccc2C(=O)N([C@H]2CCCC[C@@H]2NS(C)(=O)=O)[C@H]1c1ccc(Cl)cc1)c1ccc(C(=O)OC(C)(C)C)cc1. The molecule has 1 saturated carbocycles. The van der Waals surface area contributed by atoms with Gasteiger partial charge in [-0.3, -0.25) is 9.59 Å². The zero-order chi connectivity index (χ0) is 34.1. The minimum Gasteiger partial charge on any atom is -0.456 e. The molecule has 11 heteroatoms. The van der Waals surface area contributed by atoms with Crippen LogP contribution in [0.2, 0.25) is 5.02 Å². The number of nitrogens with one attached hydrogen (secondary N) is 2. The number of nitrogens with zero attached hydrogens (tertiary/aromatic N) is 1. The van der Waals surface area contributed by atoms with Gasteiger partial charge in [0.1, 0.15) is 5.60 Å². The molecule has 3 aromatic rings. The lowest BCUT2D eigenvalue weighted by Crippen LogP contribution is -2.59. The maximum absolute atomic E-state index is 14.5. The minimum absolute atomic E-state index is 0.248. The lowest BCUT2D eigenvalue weighted by Gasteiger charge is -2.49. The molecule has 250 valence electrons. The lowest BCUT2D eigenvalue weighted by atomic mass is 9.76. The van der Waals surface area contributed by atoms with E-state index in [1.165, 1.54) is 0 Å². The van der Waals surface area contributed by atoms with Crippen LogP contribution in [0.25, 0.3) is 0 Å². The molecule has 47 heavy (non-hydrogen) atoms. The standard InChI is InChI=1S/C36H42ClN3O6S/c1-22(23-14-16-25(17-15-23)35(43)46-36(2,3)4)38-33(41)31-27-10-6-7-11-28(27)34(42)40(32(31)24-18-20-26(37)21-19-24)30-13-9-8-12-29(30)39-47(5,44)45/h6-7,10-11,14-22,29-32,39H,8-9,12-13H2,1-5H3,(H,38,41)/t22?,29-,30-,31+,32-/m0/s1. The summed E-state index contributed by atoms with van der Waals surface area (Å²) in [6.07, 6.45) is 3.92. The number of fused-ring (bicyclic) bond motifs is 1. The van der Waals surface area contributed by atoms with Crippen LogP contribution in [0.3, 0.4) is 0 Å². The van der Waals surface area contributed by atoms with Crippen LogP contribution in [-0.4, -0.2) is 55.0 Å². The van der Waals surface area contributed by atoms with Gasteiger partial charge in [0, 0.05) is 22.7 Å². The predicted octanol–water partition coefficient (Wildman–Crippen LogP) is 6.31. The van der Waals surface area contributed by atoms with E-state index in [4.69, 9.17) is 16.3 Å². The maximum Gasteiger partial charge on any atom is 0.338 e. The molecule has 2 N–H and O–H groups in total. The Labute approximate surface area is 282 Å². The topological polar surface area (TPSA) is 122 Å².